The highest BCUT2D eigenvalue weighted by Gasteiger charge is 2.42. The first-order valence-corrected chi connectivity index (χ1v) is 8.01. The molecule has 1 aliphatic rings. The summed E-state index contributed by atoms with van der Waals surface area (Å²) < 4.78 is 40.4. The Morgan fingerprint density at radius 1 is 1.45 bits per heavy atom. The van der Waals surface area contributed by atoms with Gasteiger partial charge in [0.05, 0.1) is 5.69 Å². The monoisotopic (exact) mass is 322 g/mol. The molecule has 0 unspecified atom stereocenters. The molecule has 0 atom stereocenters. The Balaban J connectivity index is 2.19. The van der Waals surface area contributed by atoms with Crippen molar-refractivity contribution in [3.8, 4) is 0 Å². The summed E-state index contributed by atoms with van der Waals surface area (Å²) in [6.45, 7) is 0.169. The van der Waals surface area contributed by atoms with Gasteiger partial charge in [0.15, 0.2) is 5.82 Å². The van der Waals surface area contributed by atoms with E-state index >= 15 is 0 Å². The zero-order valence-corrected chi connectivity index (χ0v) is 12.3. The van der Waals surface area contributed by atoms with Crippen molar-refractivity contribution in [1.29, 1.82) is 0 Å². The number of benzene rings is 1. The molecule has 0 aromatic heterocycles. The van der Waals surface area contributed by atoms with Crippen LogP contribution in [0.25, 0.3) is 0 Å². The molecular formula is C12H16ClFN2O3S. The van der Waals surface area contributed by atoms with Gasteiger partial charge < -0.3 is 10.8 Å². The first kappa shape index (κ1) is 15.5. The Bertz CT molecular complexity index is 617. The molecule has 0 heterocycles. The molecule has 4 N–H and O–H groups in total. The lowest BCUT2D eigenvalue weighted by atomic mass is 10.0. The minimum Gasteiger partial charge on any atom is -0.396 e. The van der Waals surface area contributed by atoms with E-state index in [-0.39, 0.29) is 29.3 Å². The van der Waals surface area contributed by atoms with Crippen molar-refractivity contribution in [2.75, 3.05) is 18.9 Å². The number of nitrogens with one attached hydrogen (secondary N) is 1. The number of nitrogen functional groups attached to an aromatic ring is 1. The first-order chi connectivity index (χ1) is 9.30. The van der Waals surface area contributed by atoms with Crippen molar-refractivity contribution in [2.45, 2.75) is 24.2 Å². The number of hydrogen-bond donors (Lipinski definition) is 3. The van der Waals surface area contributed by atoms with Crippen molar-refractivity contribution in [2.24, 2.45) is 5.41 Å². The predicted octanol–water partition coefficient (Wildman–Crippen LogP) is 1.50. The fourth-order valence-corrected chi connectivity index (χ4v) is 3.61. The van der Waals surface area contributed by atoms with Crippen LogP contribution in [0.5, 0.6) is 0 Å². The Hall–Kier alpha value is -0.890. The molecule has 20 heavy (non-hydrogen) atoms. The van der Waals surface area contributed by atoms with E-state index in [0.29, 0.717) is 6.42 Å². The van der Waals surface area contributed by atoms with Crippen LogP contribution in [0.1, 0.15) is 19.3 Å². The topological polar surface area (TPSA) is 92.4 Å². The van der Waals surface area contributed by atoms with Gasteiger partial charge in [-0.2, -0.15) is 0 Å². The molecule has 0 amide bonds. The van der Waals surface area contributed by atoms with Gasteiger partial charge in [0.1, 0.15) is 4.90 Å². The van der Waals surface area contributed by atoms with E-state index in [2.05, 4.69) is 4.72 Å². The van der Waals surface area contributed by atoms with Crippen molar-refractivity contribution in [3.63, 3.8) is 0 Å². The molecule has 1 saturated carbocycles. The molecule has 0 bridgehead atoms. The number of halogens is 2. The summed E-state index contributed by atoms with van der Waals surface area (Å²) in [6, 6.07) is 2.19. The van der Waals surface area contributed by atoms with Crippen molar-refractivity contribution < 1.29 is 17.9 Å². The van der Waals surface area contributed by atoms with E-state index in [0.717, 1.165) is 25.0 Å². The van der Waals surface area contributed by atoms with Crippen molar-refractivity contribution in [1.82, 2.24) is 4.72 Å². The number of rotatable bonds is 6. The lowest BCUT2D eigenvalue weighted by molar-refractivity contribution is 0.249. The maximum atomic E-state index is 13.8. The fraction of sp³-hybridized carbons (Fsp3) is 0.500. The van der Waals surface area contributed by atoms with Crippen LogP contribution in [-0.2, 0) is 10.0 Å². The third-order valence-corrected chi connectivity index (χ3v) is 5.18. The second-order valence-electron chi connectivity index (χ2n) is 5.11. The van der Waals surface area contributed by atoms with Crippen LogP contribution in [0.4, 0.5) is 10.1 Å². The largest absolute Gasteiger partial charge is 0.396 e. The average Bonchev–Trinajstić information content (AvgIpc) is 3.12. The molecule has 5 nitrogen and oxygen atoms in total. The van der Waals surface area contributed by atoms with E-state index in [1.54, 1.807) is 0 Å². The molecule has 2 rings (SSSR count). The summed E-state index contributed by atoms with van der Waals surface area (Å²) in [5.74, 6) is -1.01. The zero-order valence-electron chi connectivity index (χ0n) is 10.7. The highest BCUT2D eigenvalue weighted by atomic mass is 35.5. The van der Waals surface area contributed by atoms with Crippen LogP contribution in [0.3, 0.4) is 0 Å². The van der Waals surface area contributed by atoms with Crippen LogP contribution >= 0.6 is 11.6 Å². The number of hydrogen-bond acceptors (Lipinski definition) is 4. The summed E-state index contributed by atoms with van der Waals surface area (Å²) in [5.41, 5.74) is 4.86. The lowest BCUT2D eigenvalue weighted by Crippen LogP contribution is -2.31. The molecule has 1 aromatic carbocycles. The van der Waals surface area contributed by atoms with Gasteiger partial charge >= 0.3 is 0 Å². The lowest BCUT2D eigenvalue weighted by Gasteiger charge is -2.15. The van der Waals surface area contributed by atoms with Crippen molar-refractivity contribution in [3.05, 3.63) is 23.0 Å². The van der Waals surface area contributed by atoms with Gasteiger partial charge in [0.2, 0.25) is 10.0 Å². The quantitative estimate of drug-likeness (QED) is 0.692. The summed E-state index contributed by atoms with van der Waals surface area (Å²) >= 11 is 5.71. The molecule has 0 radical (unpaired) electrons. The molecule has 0 spiro atoms. The Morgan fingerprint density at radius 3 is 2.65 bits per heavy atom. The molecule has 0 aliphatic heterocycles. The third kappa shape index (κ3) is 3.22. The number of sulfonamides is 1. The molecule has 112 valence electrons. The van der Waals surface area contributed by atoms with Crippen LogP contribution in [0.2, 0.25) is 5.02 Å². The van der Waals surface area contributed by atoms with Crippen molar-refractivity contribution >= 4 is 27.3 Å². The van der Waals surface area contributed by atoms with Gasteiger partial charge in [0.25, 0.3) is 0 Å². The fourth-order valence-electron chi connectivity index (χ4n) is 2.03. The molecule has 1 fully saturated rings. The Morgan fingerprint density at radius 2 is 2.10 bits per heavy atom. The Kier molecular flexibility index (Phi) is 4.24. The summed E-state index contributed by atoms with van der Waals surface area (Å²) in [4.78, 5) is -0.553. The van der Waals surface area contributed by atoms with E-state index in [1.807, 2.05) is 0 Å². The van der Waals surface area contributed by atoms with E-state index in [1.165, 1.54) is 0 Å². The first-order valence-electron chi connectivity index (χ1n) is 6.15. The van der Waals surface area contributed by atoms with Gasteiger partial charge in [-0.3, -0.25) is 0 Å². The maximum Gasteiger partial charge on any atom is 0.243 e. The van der Waals surface area contributed by atoms with Gasteiger partial charge in [-0.25, -0.2) is 17.5 Å². The summed E-state index contributed by atoms with van der Waals surface area (Å²) in [7, 11) is -4.02. The van der Waals surface area contributed by atoms with Gasteiger partial charge in [-0.15, -0.1) is 0 Å². The second kappa shape index (κ2) is 5.48. The van der Waals surface area contributed by atoms with Crippen LogP contribution in [0, 0.1) is 11.2 Å². The second-order valence-corrected chi connectivity index (χ2v) is 7.28. The summed E-state index contributed by atoms with van der Waals surface area (Å²) in [5, 5.41) is 8.99. The number of aliphatic hydroxyl groups excluding tert-OH is 1. The van der Waals surface area contributed by atoms with Crippen LogP contribution in [0.15, 0.2) is 17.0 Å². The molecule has 1 aromatic rings. The molecule has 8 heteroatoms. The standard InChI is InChI=1S/C12H16ClFN2O3S/c13-8-5-9(15)11(14)10(6-8)20(18,19)16-7-12(1-2-12)3-4-17/h5-6,16-17H,1-4,7,15H2. The zero-order chi connectivity index (χ0) is 15.0. The van der Waals surface area contributed by atoms with Crippen LogP contribution < -0.4 is 10.5 Å². The predicted molar refractivity (Wildman–Crippen MR) is 74.4 cm³/mol. The van der Waals surface area contributed by atoms with Gasteiger partial charge in [-0.05, 0) is 36.8 Å². The normalized spacial score (nSPS) is 17.1. The maximum absolute atomic E-state index is 13.8. The minimum atomic E-state index is -4.02. The van der Waals surface area contributed by atoms with Crippen LogP contribution in [-0.4, -0.2) is 26.7 Å². The SMILES string of the molecule is Nc1cc(Cl)cc(S(=O)(=O)NCC2(CCO)CC2)c1F. The van der Waals surface area contributed by atoms with E-state index in [4.69, 9.17) is 22.4 Å². The minimum absolute atomic E-state index is 0.000200. The highest BCUT2D eigenvalue weighted by Crippen LogP contribution is 2.48. The van der Waals surface area contributed by atoms with Gasteiger partial charge in [0, 0.05) is 18.2 Å². The smallest absolute Gasteiger partial charge is 0.243 e. The molecule has 1 aliphatic carbocycles. The van der Waals surface area contributed by atoms with E-state index < -0.39 is 20.7 Å². The molecular weight excluding hydrogens is 307 g/mol. The molecule has 0 saturated heterocycles. The number of nitrogens with two attached hydrogens (primary N) is 1. The van der Waals surface area contributed by atoms with E-state index in [9.17, 15) is 12.8 Å². The Labute approximate surface area is 122 Å². The third-order valence-electron chi connectivity index (χ3n) is 3.56. The summed E-state index contributed by atoms with van der Waals surface area (Å²) in [6.07, 6.45) is 2.21. The number of anilines is 1. The average molecular weight is 323 g/mol. The highest BCUT2D eigenvalue weighted by molar-refractivity contribution is 7.89. The number of aliphatic hydroxyl groups is 1. The van der Waals surface area contributed by atoms with Gasteiger partial charge in [-0.1, -0.05) is 11.6 Å².